The van der Waals surface area contributed by atoms with Gasteiger partial charge in [0, 0.05) is 32.4 Å². The summed E-state index contributed by atoms with van der Waals surface area (Å²) in [5.74, 6) is 0.518. The molecular formula is C56H38N2S. The van der Waals surface area contributed by atoms with Gasteiger partial charge in [0.15, 0.2) is 0 Å². The summed E-state index contributed by atoms with van der Waals surface area (Å²) in [6, 6.07) is 66.5. The molecule has 0 saturated heterocycles. The summed E-state index contributed by atoms with van der Waals surface area (Å²) in [7, 11) is 0. The molecule has 1 aliphatic carbocycles. The zero-order valence-electron chi connectivity index (χ0n) is 32.3. The number of thioether (sulfide) groups is 1. The van der Waals surface area contributed by atoms with E-state index in [0.717, 1.165) is 45.0 Å². The molecule has 2 aliphatic rings. The largest absolute Gasteiger partial charge is 0.252 e. The summed E-state index contributed by atoms with van der Waals surface area (Å²) in [5.41, 5.74) is 15.5. The van der Waals surface area contributed by atoms with E-state index in [1.807, 2.05) is 6.20 Å². The van der Waals surface area contributed by atoms with Crippen molar-refractivity contribution in [3.05, 3.63) is 205 Å². The van der Waals surface area contributed by atoms with Gasteiger partial charge in [0.05, 0.1) is 22.9 Å². The molecule has 0 radical (unpaired) electrons. The Labute approximate surface area is 347 Å². The van der Waals surface area contributed by atoms with Crippen LogP contribution in [0, 0.1) is 0 Å². The summed E-state index contributed by atoms with van der Waals surface area (Å²) in [6.07, 6.45) is 6.75. The van der Waals surface area contributed by atoms with Crippen LogP contribution in [-0.2, 0) is 0 Å². The highest BCUT2D eigenvalue weighted by atomic mass is 32.2. The van der Waals surface area contributed by atoms with E-state index < -0.39 is 0 Å². The summed E-state index contributed by atoms with van der Waals surface area (Å²) >= 11 is 2.08. The number of nitrogens with zero attached hydrogens (tertiary/aromatic N) is 2. The van der Waals surface area contributed by atoms with Crippen LogP contribution < -0.4 is 0 Å². The second-order valence-corrected chi connectivity index (χ2v) is 17.1. The lowest BCUT2D eigenvalue weighted by molar-refractivity contribution is 0.643. The molecule has 0 bridgehead atoms. The van der Waals surface area contributed by atoms with E-state index >= 15 is 0 Å². The molecule has 1 aromatic heterocycles. The number of rotatable bonds is 5. The Morgan fingerprint density at radius 1 is 0.458 bits per heavy atom. The van der Waals surface area contributed by atoms with Crippen LogP contribution in [0.15, 0.2) is 199 Å². The minimum atomic E-state index is 0.418. The number of allylic oxidation sites excluding steroid dienone is 1. The normalized spacial score (nSPS) is 16.0. The van der Waals surface area contributed by atoms with Gasteiger partial charge in [-0.05, 0) is 103 Å². The number of hydrogen-bond acceptors (Lipinski definition) is 3. The number of fused-ring (bicyclic) bond motifs is 10. The molecule has 2 unspecified atom stereocenters. The van der Waals surface area contributed by atoms with Crippen molar-refractivity contribution in [3.63, 3.8) is 0 Å². The fraction of sp³-hybridized carbons (Fsp3) is 0.0714. The van der Waals surface area contributed by atoms with E-state index in [-0.39, 0.29) is 0 Å². The molecule has 2 nitrogen and oxygen atoms in total. The third-order valence-corrected chi connectivity index (χ3v) is 14.1. The SMILES string of the molecule is C1=C(c2cccc3ccccc23)C2Sc3c(-c4cccc(-c5cccc(-c6cccc(-c7cnc8c9ccccc9c9ccccc9c8n7)c6)c5)c4)cccc3C2CC1. The Morgan fingerprint density at radius 3 is 1.75 bits per heavy atom. The Kier molecular flexibility index (Phi) is 8.09. The second-order valence-electron chi connectivity index (χ2n) is 15.9. The molecule has 0 spiro atoms. The minimum Gasteiger partial charge on any atom is -0.252 e. The molecule has 10 aromatic rings. The van der Waals surface area contributed by atoms with Gasteiger partial charge >= 0.3 is 0 Å². The van der Waals surface area contributed by atoms with Gasteiger partial charge in [-0.15, -0.1) is 11.8 Å². The fourth-order valence-corrected chi connectivity index (χ4v) is 11.5. The first-order valence-corrected chi connectivity index (χ1v) is 21.5. The predicted octanol–water partition coefficient (Wildman–Crippen LogP) is 15.2. The molecule has 0 N–H and O–H groups in total. The van der Waals surface area contributed by atoms with Crippen molar-refractivity contribution >= 4 is 60.7 Å². The average Bonchev–Trinajstić information content (AvgIpc) is 3.71. The van der Waals surface area contributed by atoms with Crippen LogP contribution in [0.2, 0.25) is 0 Å². The van der Waals surface area contributed by atoms with Gasteiger partial charge in [0.2, 0.25) is 0 Å². The van der Waals surface area contributed by atoms with Crippen LogP contribution in [0.4, 0.5) is 0 Å². The Morgan fingerprint density at radius 2 is 1.00 bits per heavy atom. The van der Waals surface area contributed by atoms with Crippen LogP contribution in [-0.4, -0.2) is 15.2 Å². The Bertz CT molecular complexity index is 3300. The number of benzene rings is 9. The van der Waals surface area contributed by atoms with E-state index in [1.165, 1.54) is 77.4 Å². The molecule has 278 valence electrons. The van der Waals surface area contributed by atoms with E-state index in [1.54, 1.807) is 0 Å². The molecule has 0 saturated carbocycles. The molecule has 12 rings (SSSR count). The van der Waals surface area contributed by atoms with Crippen molar-refractivity contribution < 1.29 is 0 Å². The Hall–Kier alpha value is -6.81. The van der Waals surface area contributed by atoms with Crippen LogP contribution >= 0.6 is 11.8 Å². The smallest absolute Gasteiger partial charge is 0.0979 e. The van der Waals surface area contributed by atoms with Gasteiger partial charge < -0.3 is 0 Å². The highest BCUT2D eigenvalue weighted by Gasteiger charge is 2.39. The van der Waals surface area contributed by atoms with Crippen molar-refractivity contribution in [2.75, 3.05) is 0 Å². The van der Waals surface area contributed by atoms with Gasteiger partial charge in [-0.1, -0.05) is 170 Å². The molecule has 0 fully saturated rings. The quantitative estimate of drug-likeness (QED) is 0.163. The lowest BCUT2D eigenvalue weighted by Crippen LogP contribution is -2.16. The monoisotopic (exact) mass is 770 g/mol. The third kappa shape index (κ3) is 5.72. The molecular weight excluding hydrogens is 733 g/mol. The zero-order chi connectivity index (χ0) is 38.9. The van der Waals surface area contributed by atoms with Gasteiger partial charge in [-0.25, -0.2) is 4.98 Å². The first kappa shape index (κ1) is 34.3. The van der Waals surface area contributed by atoms with Crippen LogP contribution in [0.3, 0.4) is 0 Å². The van der Waals surface area contributed by atoms with Crippen molar-refractivity contribution in [3.8, 4) is 44.6 Å². The zero-order valence-corrected chi connectivity index (χ0v) is 33.2. The highest BCUT2D eigenvalue weighted by Crippen LogP contribution is 2.57. The summed E-state index contributed by atoms with van der Waals surface area (Å²) in [4.78, 5) is 11.7. The maximum absolute atomic E-state index is 5.27. The predicted molar refractivity (Wildman–Crippen MR) is 250 cm³/mol. The van der Waals surface area contributed by atoms with Crippen LogP contribution in [0.5, 0.6) is 0 Å². The van der Waals surface area contributed by atoms with Crippen molar-refractivity contribution in [1.29, 1.82) is 0 Å². The maximum Gasteiger partial charge on any atom is 0.0979 e. The summed E-state index contributed by atoms with van der Waals surface area (Å²) in [5, 5.41) is 7.75. The maximum atomic E-state index is 5.27. The molecule has 2 atom stereocenters. The van der Waals surface area contributed by atoms with E-state index in [9.17, 15) is 0 Å². The summed E-state index contributed by atoms with van der Waals surface area (Å²) < 4.78 is 0. The summed E-state index contributed by atoms with van der Waals surface area (Å²) in [6.45, 7) is 0. The van der Waals surface area contributed by atoms with Gasteiger partial charge in [-0.3, -0.25) is 4.98 Å². The van der Waals surface area contributed by atoms with Crippen molar-refractivity contribution in [1.82, 2.24) is 9.97 Å². The molecule has 2 heterocycles. The van der Waals surface area contributed by atoms with E-state index in [0.29, 0.717) is 11.2 Å². The standard InChI is InChI=1S/C56H38N2S/c1-2-21-42-35(13-1)14-10-27-44(42)49-28-12-30-51-50-29-11-26-43(55(50)59-56(49)51)40-19-8-17-38(32-40)36-15-7-16-37(31-36)39-18-9-20-41(33-39)52-34-57-53-47-24-5-3-22-45(47)46-23-4-6-25-48(46)54(53)58-52/h1-11,13-29,31-34,51,56H,12,30H2. The second kappa shape index (κ2) is 13.9. The first-order valence-electron chi connectivity index (χ1n) is 20.6. The number of hydrogen-bond donors (Lipinski definition) is 0. The fourth-order valence-electron chi connectivity index (χ4n) is 9.80. The number of aromatic nitrogens is 2. The van der Waals surface area contributed by atoms with Crippen molar-refractivity contribution in [2.45, 2.75) is 28.9 Å². The molecule has 59 heavy (non-hydrogen) atoms. The lowest BCUT2D eigenvalue weighted by Gasteiger charge is -2.27. The average molecular weight is 771 g/mol. The van der Waals surface area contributed by atoms with Gasteiger partial charge in [0.25, 0.3) is 0 Å². The lowest BCUT2D eigenvalue weighted by atomic mass is 9.80. The van der Waals surface area contributed by atoms with Gasteiger partial charge in [-0.2, -0.15) is 0 Å². The van der Waals surface area contributed by atoms with Crippen LogP contribution in [0.25, 0.3) is 93.6 Å². The molecule has 0 amide bonds. The Balaban J connectivity index is 0.872. The molecule has 1 aliphatic heterocycles. The third-order valence-electron chi connectivity index (χ3n) is 12.6. The van der Waals surface area contributed by atoms with E-state index in [4.69, 9.17) is 9.97 Å². The van der Waals surface area contributed by atoms with E-state index in [2.05, 4.69) is 200 Å². The highest BCUT2D eigenvalue weighted by molar-refractivity contribution is 8.00. The minimum absolute atomic E-state index is 0.418. The molecule has 3 heteroatoms. The van der Waals surface area contributed by atoms with Crippen molar-refractivity contribution in [2.24, 2.45) is 0 Å². The van der Waals surface area contributed by atoms with Crippen LogP contribution in [0.1, 0.15) is 29.9 Å². The molecule has 9 aromatic carbocycles. The first-order chi connectivity index (χ1) is 29.2. The topological polar surface area (TPSA) is 25.8 Å². The van der Waals surface area contributed by atoms with Gasteiger partial charge in [0.1, 0.15) is 0 Å².